The Labute approximate surface area is 231 Å². The number of hydrogen-bond acceptors (Lipinski definition) is 5. The first kappa shape index (κ1) is 23.9. The van der Waals surface area contributed by atoms with Crippen molar-refractivity contribution in [1.82, 2.24) is 30.6 Å². The molecule has 1 spiro atoms. The predicted molar refractivity (Wildman–Crippen MR) is 157 cm³/mol. The first-order valence-electron chi connectivity index (χ1n) is 15.2. The van der Waals surface area contributed by atoms with Crippen molar-refractivity contribution in [3.8, 4) is 22.4 Å². The highest BCUT2D eigenvalue weighted by molar-refractivity contribution is 5.81. The van der Waals surface area contributed by atoms with Crippen LogP contribution in [0.1, 0.15) is 86.3 Å². The van der Waals surface area contributed by atoms with Crippen LogP contribution in [0.5, 0.6) is 0 Å². The smallest absolute Gasteiger partial charge is 0.123 e. The van der Waals surface area contributed by atoms with E-state index in [4.69, 9.17) is 4.98 Å². The highest BCUT2D eigenvalue weighted by Crippen LogP contribution is 2.55. The number of H-pyrrole nitrogens is 1. The first-order chi connectivity index (χ1) is 19.2. The minimum absolute atomic E-state index is 0.349. The van der Waals surface area contributed by atoms with Gasteiger partial charge in [-0.05, 0) is 92.1 Å². The van der Waals surface area contributed by atoms with Crippen LogP contribution < -0.4 is 10.6 Å². The van der Waals surface area contributed by atoms with Crippen molar-refractivity contribution in [3.05, 3.63) is 71.3 Å². The number of benzene rings is 2. The lowest BCUT2D eigenvalue weighted by atomic mass is 9.76. The summed E-state index contributed by atoms with van der Waals surface area (Å²) in [4.78, 5) is 8.52. The van der Waals surface area contributed by atoms with Crippen LogP contribution in [0, 0.1) is 0 Å². The maximum atomic E-state index is 4.81. The second kappa shape index (κ2) is 9.33. The number of nitrogens with zero attached hydrogens (tertiary/aromatic N) is 3. The molecule has 202 valence electrons. The van der Waals surface area contributed by atoms with Gasteiger partial charge < -0.3 is 15.6 Å². The van der Waals surface area contributed by atoms with Gasteiger partial charge >= 0.3 is 0 Å². The van der Waals surface area contributed by atoms with Gasteiger partial charge in [0.05, 0.1) is 29.8 Å². The normalized spacial score (nSPS) is 25.2. The van der Waals surface area contributed by atoms with Crippen LogP contribution in [0.4, 0.5) is 0 Å². The van der Waals surface area contributed by atoms with Crippen LogP contribution in [0.15, 0.2) is 48.8 Å². The van der Waals surface area contributed by atoms with Crippen molar-refractivity contribution >= 4 is 5.70 Å². The number of aromatic nitrogens is 2. The predicted octanol–water partition coefficient (Wildman–Crippen LogP) is 6.10. The van der Waals surface area contributed by atoms with E-state index in [9.17, 15) is 0 Å². The lowest BCUT2D eigenvalue weighted by Crippen LogP contribution is -2.42. The van der Waals surface area contributed by atoms with Crippen LogP contribution >= 0.6 is 0 Å². The molecular weight excluding hydrogens is 480 g/mol. The zero-order valence-corrected chi connectivity index (χ0v) is 23.1. The van der Waals surface area contributed by atoms with Crippen molar-refractivity contribution in [2.75, 3.05) is 20.1 Å². The Kier molecular flexibility index (Phi) is 5.72. The van der Waals surface area contributed by atoms with Gasteiger partial charge in [-0.25, -0.2) is 9.99 Å². The van der Waals surface area contributed by atoms with Gasteiger partial charge in [0.2, 0.25) is 0 Å². The number of hydrazine groups is 1. The Balaban J connectivity index is 1.11. The molecule has 6 nitrogen and oxygen atoms in total. The number of imidazole rings is 1. The van der Waals surface area contributed by atoms with Crippen LogP contribution in [-0.2, 0) is 11.8 Å². The molecule has 0 amide bonds. The number of fused-ring (bicyclic) bond motifs is 2. The Morgan fingerprint density at radius 1 is 0.872 bits per heavy atom. The summed E-state index contributed by atoms with van der Waals surface area (Å²) in [6, 6.07) is 14.5. The molecule has 4 heterocycles. The SMILES string of the molecule is CN([C@@H]1CCCN1)N1C=C1c1ccc(-c2ccc(-c3cnc(C4CCCN4)[nH]3)c3c2C2(CCCC2)CC3)cc1. The molecule has 3 fully saturated rings. The van der Waals surface area contributed by atoms with Crippen molar-refractivity contribution < 1.29 is 0 Å². The molecule has 1 unspecified atom stereocenters. The maximum absolute atomic E-state index is 4.81. The maximum Gasteiger partial charge on any atom is 0.123 e. The van der Waals surface area contributed by atoms with Crippen LogP contribution in [0.2, 0.25) is 0 Å². The molecule has 0 bridgehead atoms. The molecule has 0 radical (unpaired) electrons. The zero-order chi connectivity index (χ0) is 26.0. The van der Waals surface area contributed by atoms with E-state index >= 15 is 0 Å². The number of hydrogen-bond donors (Lipinski definition) is 3. The molecule has 39 heavy (non-hydrogen) atoms. The van der Waals surface area contributed by atoms with Gasteiger partial charge in [-0.2, -0.15) is 0 Å². The summed E-state index contributed by atoms with van der Waals surface area (Å²) < 4.78 is 0. The molecule has 2 saturated heterocycles. The molecule has 3 N–H and O–H groups in total. The van der Waals surface area contributed by atoms with Gasteiger partial charge in [-0.15, -0.1) is 0 Å². The standard InChI is InChI=1S/C33H40N6/c1-38(30-7-5-19-35-30)39-21-29(39)23-10-8-22(9-11-23)24-12-13-25(26-14-17-33(31(24)26)15-2-3-16-33)28-20-36-32(37-28)27-6-4-18-34-27/h8-13,20-21,27,30,34-35H,2-7,14-19H2,1H3,(H,36,37)/t27?,30-,39?/m1/s1. The zero-order valence-electron chi connectivity index (χ0n) is 23.1. The summed E-state index contributed by atoms with van der Waals surface area (Å²) in [6.07, 6.45) is 17.5. The monoisotopic (exact) mass is 520 g/mol. The van der Waals surface area contributed by atoms with E-state index in [2.05, 4.69) is 81.5 Å². The van der Waals surface area contributed by atoms with E-state index in [1.165, 1.54) is 97.9 Å². The molecule has 5 aliphatic rings. The van der Waals surface area contributed by atoms with Crippen molar-refractivity contribution in [1.29, 1.82) is 0 Å². The fourth-order valence-electron chi connectivity index (χ4n) is 8.13. The van der Waals surface area contributed by atoms with E-state index in [-0.39, 0.29) is 0 Å². The van der Waals surface area contributed by atoms with E-state index in [0.29, 0.717) is 17.6 Å². The molecule has 2 aliphatic carbocycles. The number of rotatable bonds is 6. The fraction of sp³-hybridized carbons (Fsp3) is 0.485. The summed E-state index contributed by atoms with van der Waals surface area (Å²) in [7, 11) is 2.19. The molecule has 6 heteroatoms. The van der Waals surface area contributed by atoms with Crippen LogP contribution in [-0.4, -0.2) is 46.3 Å². The Morgan fingerprint density at radius 3 is 2.41 bits per heavy atom. The third-order valence-corrected chi connectivity index (χ3v) is 10.3. The Morgan fingerprint density at radius 2 is 1.64 bits per heavy atom. The van der Waals surface area contributed by atoms with Crippen LogP contribution in [0.3, 0.4) is 0 Å². The number of nitrogens with one attached hydrogen (secondary N) is 3. The Bertz CT molecular complexity index is 1400. The topological polar surface area (TPSA) is 59.0 Å². The molecule has 2 aromatic carbocycles. The summed E-state index contributed by atoms with van der Waals surface area (Å²) in [6.45, 7) is 2.21. The van der Waals surface area contributed by atoms with E-state index < -0.39 is 0 Å². The van der Waals surface area contributed by atoms with Gasteiger partial charge in [0.25, 0.3) is 0 Å². The van der Waals surface area contributed by atoms with Crippen molar-refractivity contribution in [3.63, 3.8) is 0 Å². The first-order valence-corrected chi connectivity index (χ1v) is 15.2. The third-order valence-electron chi connectivity index (χ3n) is 10.3. The second-order valence-electron chi connectivity index (χ2n) is 12.5. The minimum atomic E-state index is 0.349. The second-order valence-corrected chi connectivity index (χ2v) is 12.5. The summed E-state index contributed by atoms with van der Waals surface area (Å²) in [5, 5.41) is 11.8. The highest BCUT2D eigenvalue weighted by Gasteiger charge is 2.43. The molecule has 1 saturated carbocycles. The molecule has 3 aliphatic heterocycles. The van der Waals surface area contributed by atoms with Gasteiger partial charge in [0.15, 0.2) is 0 Å². The van der Waals surface area contributed by atoms with Gasteiger partial charge in [0, 0.05) is 24.4 Å². The van der Waals surface area contributed by atoms with Gasteiger partial charge in [-0.3, -0.25) is 5.01 Å². The average molecular weight is 521 g/mol. The number of aromatic amines is 1. The average Bonchev–Trinajstić information content (AvgIpc) is 3.65. The Hall–Kier alpha value is -2.93. The lowest BCUT2D eigenvalue weighted by molar-refractivity contribution is 0.0821. The third kappa shape index (κ3) is 3.99. The quantitative estimate of drug-likeness (QED) is 0.367. The summed E-state index contributed by atoms with van der Waals surface area (Å²) in [5.41, 5.74) is 11.5. The van der Waals surface area contributed by atoms with Gasteiger partial charge in [0.1, 0.15) is 5.82 Å². The summed E-state index contributed by atoms with van der Waals surface area (Å²) >= 11 is 0. The molecule has 1 aromatic heterocycles. The van der Waals surface area contributed by atoms with E-state index in [0.717, 1.165) is 18.9 Å². The van der Waals surface area contributed by atoms with E-state index in [1.807, 2.05) is 0 Å². The van der Waals surface area contributed by atoms with E-state index in [1.54, 1.807) is 11.1 Å². The van der Waals surface area contributed by atoms with Gasteiger partial charge in [-0.1, -0.05) is 49.2 Å². The summed E-state index contributed by atoms with van der Waals surface area (Å²) in [5.74, 6) is 1.10. The minimum Gasteiger partial charge on any atom is -0.341 e. The van der Waals surface area contributed by atoms with Crippen molar-refractivity contribution in [2.45, 2.75) is 81.8 Å². The van der Waals surface area contributed by atoms with Crippen LogP contribution in [0.25, 0.3) is 28.1 Å². The highest BCUT2D eigenvalue weighted by atomic mass is 15.7. The molecule has 3 aromatic rings. The lowest BCUT2D eigenvalue weighted by Gasteiger charge is -2.28. The largest absolute Gasteiger partial charge is 0.341 e. The molecule has 8 rings (SSSR count). The molecule has 2 atom stereocenters. The molecular formula is C33H40N6. The fourth-order valence-corrected chi connectivity index (χ4v) is 8.13. The van der Waals surface area contributed by atoms with Crippen molar-refractivity contribution in [2.24, 2.45) is 0 Å².